The molecule has 2 aliphatic rings. The first-order valence-corrected chi connectivity index (χ1v) is 8.33. The summed E-state index contributed by atoms with van der Waals surface area (Å²) in [5.41, 5.74) is -0.271. The number of amides is 1. The summed E-state index contributed by atoms with van der Waals surface area (Å²) in [6.45, 7) is 10.0. The highest BCUT2D eigenvalue weighted by atomic mass is 16.6. The molecule has 126 valence electrons. The molecule has 1 spiro atoms. The number of rotatable bonds is 3. The summed E-state index contributed by atoms with van der Waals surface area (Å²) in [6, 6.07) is 0.238. The molecule has 0 aromatic carbocycles. The molecule has 0 N–H and O–H groups in total. The maximum absolute atomic E-state index is 12.4. The van der Waals surface area contributed by atoms with E-state index in [9.17, 15) is 9.59 Å². The van der Waals surface area contributed by atoms with Crippen LogP contribution in [0.1, 0.15) is 59.8 Å². The Labute approximate surface area is 133 Å². The molecule has 0 radical (unpaired) electrons. The second kappa shape index (κ2) is 6.57. The Hall–Kier alpha value is -1.10. The van der Waals surface area contributed by atoms with Gasteiger partial charge in [-0.15, -0.1) is 0 Å². The van der Waals surface area contributed by atoms with E-state index in [1.54, 1.807) is 0 Å². The van der Waals surface area contributed by atoms with Crippen molar-refractivity contribution in [2.24, 2.45) is 5.41 Å². The molecule has 2 saturated heterocycles. The summed E-state index contributed by atoms with van der Waals surface area (Å²) in [7, 11) is 0. The SMILES string of the molecule is C[C@@H]1N(C(=O)CCC(=O)OC(C)(C)C)CCC12CCOCC2. The van der Waals surface area contributed by atoms with Crippen molar-refractivity contribution in [2.75, 3.05) is 19.8 Å². The van der Waals surface area contributed by atoms with Crippen LogP contribution in [-0.4, -0.2) is 48.2 Å². The Morgan fingerprint density at radius 1 is 1.18 bits per heavy atom. The zero-order valence-electron chi connectivity index (χ0n) is 14.3. The van der Waals surface area contributed by atoms with Gasteiger partial charge in [0.1, 0.15) is 5.60 Å². The van der Waals surface area contributed by atoms with Crippen molar-refractivity contribution in [1.82, 2.24) is 4.90 Å². The predicted molar refractivity (Wildman–Crippen MR) is 83.4 cm³/mol. The fourth-order valence-electron chi connectivity index (χ4n) is 3.61. The van der Waals surface area contributed by atoms with Crippen LogP contribution in [0.2, 0.25) is 0 Å². The van der Waals surface area contributed by atoms with Gasteiger partial charge in [-0.1, -0.05) is 0 Å². The van der Waals surface area contributed by atoms with Gasteiger partial charge >= 0.3 is 5.97 Å². The van der Waals surface area contributed by atoms with Crippen molar-refractivity contribution >= 4 is 11.9 Å². The number of esters is 1. The Morgan fingerprint density at radius 2 is 1.82 bits per heavy atom. The third-order valence-corrected chi connectivity index (χ3v) is 4.98. The quantitative estimate of drug-likeness (QED) is 0.752. The second-order valence-corrected chi connectivity index (χ2v) is 7.57. The highest BCUT2D eigenvalue weighted by Crippen LogP contribution is 2.44. The average Bonchev–Trinajstić information content (AvgIpc) is 2.73. The third kappa shape index (κ3) is 4.00. The lowest BCUT2D eigenvalue weighted by molar-refractivity contribution is -0.156. The molecule has 2 fully saturated rings. The van der Waals surface area contributed by atoms with Gasteiger partial charge in [-0.05, 0) is 52.4 Å². The second-order valence-electron chi connectivity index (χ2n) is 7.57. The predicted octanol–water partition coefficient (Wildman–Crippen LogP) is 2.53. The maximum Gasteiger partial charge on any atom is 0.306 e. The Kier molecular flexibility index (Phi) is 5.15. The lowest BCUT2D eigenvalue weighted by Crippen LogP contribution is -2.43. The highest BCUT2D eigenvalue weighted by molar-refractivity contribution is 5.82. The average molecular weight is 311 g/mol. The van der Waals surface area contributed by atoms with E-state index in [0.717, 1.165) is 39.0 Å². The number of likely N-dealkylation sites (tertiary alicyclic amines) is 1. The first-order chi connectivity index (χ1) is 10.2. The highest BCUT2D eigenvalue weighted by Gasteiger charge is 2.46. The summed E-state index contributed by atoms with van der Waals surface area (Å²) in [5, 5.41) is 0. The molecule has 1 amide bonds. The normalized spacial score (nSPS) is 24.5. The summed E-state index contributed by atoms with van der Waals surface area (Å²) in [6.07, 6.45) is 3.52. The molecule has 0 aliphatic carbocycles. The van der Waals surface area contributed by atoms with Crippen LogP contribution in [0.5, 0.6) is 0 Å². The van der Waals surface area contributed by atoms with Gasteiger partial charge < -0.3 is 14.4 Å². The van der Waals surface area contributed by atoms with E-state index in [1.807, 2.05) is 25.7 Å². The lowest BCUT2D eigenvalue weighted by atomic mass is 9.74. The fraction of sp³-hybridized carbons (Fsp3) is 0.882. The Morgan fingerprint density at radius 3 is 2.41 bits per heavy atom. The largest absolute Gasteiger partial charge is 0.460 e. The van der Waals surface area contributed by atoms with E-state index in [-0.39, 0.29) is 36.2 Å². The molecule has 22 heavy (non-hydrogen) atoms. The van der Waals surface area contributed by atoms with Crippen molar-refractivity contribution in [3.05, 3.63) is 0 Å². The molecule has 0 aromatic rings. The van der Waals surface area contributed by atoms with Gasteiger partial charge in [0.25, 0.3) is 0 Å². The van der Waals surface area contributed by atoms with Gasteiger partial charge in [0, 0.05) is 32.2 Å². The minimum absolute atomic E-state index is 0.0710. The number of hydrogen-bond donors (Lipinski definition) is 0. The third-order valence-electron chi connectivity index (χ3n) is 4.98. The molecule has 2 aliphatic heterocycles. The molecular weight excluding hydrogens is 282 g/mol. The first kappa shape index (κ1) is 17.3. The van der Waals surface area contributed by atoms with E-state index in [0.29, 0.717) is 0 Å². The van der Waals surface area contributed by atoms with Crippen LogP contribution in [0.3, 0.4) is 0 Å². The number of ether oxygens (including phenoxy) is 2. The van der Waals surface area contributed by atoms with E-state index in [4.69, 9.17) is 9.47 Å². The zero-order chi connectivity index (χ0) is 16.4. The molecule has 0 bridgehead atoms. The van der Waals surface area contributed by atoms with Crippen molar-refractivity contribution in [1.29, 1.82) is 0 Å². The molecule has 1 atom stereocenters. The molecule has 2 rings (SSSR count). The van der Waals surface area contributed by atoms with Crippen LogP contribution in [0.25, 0.3) is 0 Å². The molecular formula is C17H29NO4. The van der Waals surface area contributed by atoms with E-state index < -0.39 is 5.60 Å². The summed E-state index contributed by atoms with van der Waals surface area (Å²) < 4.78 is 10.7. The van der Waals surface area contributed by atoms with Gasteiger partial charge in [0.2, 0.25) is 5.91 Å². The van der Waals surface area contributed by atoms with Crippen LogP contribution in [-0.2, 0) is 19.1 Å². The van der Waals surface area contributed by atoms with Crippen molar-refractivity contribution in [3.8, 4) is 0 Å². The number of carbonyl (C=O) groups excluding carboxylic acids is 2. The molecule has 0 aromatic heterocycles. The maximum atomic E-state index is 12.4. The Balaban J connectivity index is 1.84. The number of carbonyl (C=O) groups is 2. The monoisotopic (exact) mass is 311 g/mol. The number of nitrogens with zero attached hydrogens (tertiary/aromatic N) is 1. The Bertz CT molecular complexity index is 421. The van der Waals surface area contributed by atoms with Gasteiger partial charge in [-0.3, -0.25) is 9.59 Å². The van der Waals surface area contributed by atoms with Crippen LogP contribution >= 0.6 is 0 Å². The van der Waals surface area contributed by atoms with Crippen LogP contribution in [0.4, 0.5) is 0 Å². The summed E-state index contributed by atoms with van der Waals surface area (Å²) in [5.74, 6) is -0.227. The summed E-state index contributed by atoms with van der Waals surface area (Å²) in [4.78, 5) is 26.1. The number of hydrogen-bond acceptors (Lipinski definition) is 4. The van der Waals surface area contributed by atoms with E-state index in [1.165, 1.54) is 0 Å². The van der Waals surface area contributed by atoms with Crippen molar-refractivity contribution in [2.45, 2.75) is 71.4 Å². The summed E-state index contributed by atoms with van der Waals surface area (Å²) >= 11 is 0. The first-order valence-electron chi connectivity index (χ1n) is 8.33. The smallest absolute Gasteiger partial charge is 0.306 e. The topological polar surface area (TPSA) is 55.8 Å². The van der Waals surface area contributed by atoms with Crippen LogP contribution in [0.15, 0.2) is 0 Å². The van der Waals surface area contributed by atoms with Gasteiger partial charge in [0.15, 0.2) is 0 Å². The zero-order valence-corrected chi connectivity index (χ0v) is 14.3. The molecule has 0 unspecified atom stereocenters. The standard InChI is InChI=1S/C17H29NO4/c1-13-17(8-11-21-12-9-17)7-10-18(13)14(19)5-6-15(20)22-16(2,3)4/h13H,5-12H2,1-4H3/t13-/m0/s1. The minimum atomic E-state index is -0.493. The van der Waals surface area contributed by atoms with E-state index >= 15 is 0 Å². The van der Waals surface area contributed by atoms with Crippen molar-refractivity contribution in [3.63, 3.8) is 0 Å². The van der Waals surface area contributed by atoms with Crippen molar-refractivity contribution < 1.29 is 19.1 Å². The molecule has 5 nitrogen and oxygen atoms in total. The van der Waals surface area contributed by atoms with Gasteiger partial charge in [-0.2, -0.15) is 0 Å². The molecule has 5 heteroatoms. The molecule has 0 saturated carbocycles. The van der Waals surface area contributed by atoms with Crippen LogP contribution in [0, 0.1) is 5.41 Å². The lowest BCUT2D eigenvalue weighted by Gasteiger charge is -2.38. The van der Waals surface area contributed by atoms with E-state index in [2.05, 4.69) is 6.92 Å². The van der Waals surface area contributed by atoms with Crippen LogP contribution < -0.4 is 0 Å². The minimum Gasteiger partial charge on any atom is -0.460 e. The fourth-order valence-corrected chi connectivity index (χ4v) is 3.61. The molecule has 2 heterocycles. The van der Waals surface area contributed by atoms with Gasteiger partial charge in [-0.25, -0.2) is 0 Å². The van der Waals surface area contributed by atoms with Gasteiger partial charge in [0.05, 0.1) is 6.42 Å².